The molecule has 0 saturated carbocycles. The zero-order valence-electron chi connectivity index (χ0n) is 15.8. The van der Waals surface area contributed by atoms with Crippen LogP contribution >= 0.6 is 23.2 Å². The summed E-state index contributed by atoms with van der Waals surface area (Å²) in [6, 6.07) is 17.4. The summed E-state index contributed by atoms with van der Waals surface area (Å²) in [5.41, 5.74) is 3.16. The highest BCUT2D eigenvalue weighted by Gasteiger charge is 2.16. The van der Waals surface area contributed by atoms with E-state index in [9.17, 15) is 4.79 Å². The van der Waals surface area contributed by atoms with Crippen molar-refractivity contribution in [1.82, 2.24) is 9.97 Å². The standard InChI is InChI=1S/C23H13Cl2N3O3/c24-16-5-1-4-15(21(16)25)18-8-9-20(30-18)22(29)27-14-6-7-19-17(11-14)28-23(31-19)13-3-2-10-26-12-13/h1-12H,(H,27,29). The van der Waals surface area contributed by atoms with Gasteiger partial charge in [0.1, 0.15) is 11.3 Å². The van der Waals surface area contributed by atoms with Crippen molar-refractivity contribution in [2.45, 2.75) is 0 Å². The molecule has 0 radical (unpaired) electrons. The lowest BCUT2D eigenvalue weighted by molar-refractivity contribution is 0.0997. The smallest absolute Gasteiger partial charge is 0.291 e. The number of nitrogens with zero attached hydrogens (tertiary/aromatic N) is 2. The molecule has 0 aliphatic heterocycles. The minimum Gasteiger partial charge on any atom is -0.451 e. The number of furan rings is 1. The minimum absolute atomic E-state index is 0.141. The molecule has 1 N–H and O–H groups in total. The van der Waals surface area contributed by atoms with Gasteiger partial charge in [-0.1, -0.05) is 29.3 Å². The summed E-state index contributed by atoms with van der Waals surface area (Å²) < 4.78 is 11.5. The Morgan fingerprint density at radius 3 is 2.71 bits per heavy atom. The number of halogens is 2. The van der Waals surface area contributed by atoms with Crippen molar-refractivity contribution in [3.63, 3.8) is 0 Å². The number of anilines is 1. The van der Waals surface area contributed by atoms with Gasteiger partial charge >= 0.3 is 0 Å². The predicted molar refractivity (Wildman–Crippen MR) is 119 cm³/mol. The Labute approximate surface area is 186 Å². The zero-order chi connectivity index (χ0) is 21.4. The van der Waals surface area contributed by atoms with Crippen LogP contribution in [-0.4, -0.2) is 15.9 Å². The fraction of sp³-hybridized carbons (Fsp3) is 0. The second-order valence-corrected chi connectivity index (χ2v) is 7.45. The maximum atomic E-state index is 12.7. The van der Waals surface area contributed by atoms with Crippen LogP contribution in [0.2, 0.25) is 10.0 Å². The Morgan fingerprint density at radius 1 is 0.968 bits per heavy atom. The fourth-order valence-corrected chi connectivity index (χ4v) is 3.50. The van der Waals surface area contributed by atoms with Gasteiger partial charge in [0.15, 0.2) is 11.3 Å². The van der Waals surface area contributed by atoms with Gasteiger partial charge in [-0.15, -0.1) is 0 Å². The van der Waals surface area contributed by atoms with Crippen molar-refractivity contribution in [1.29, 1.82) is 0 Å². The molecular formula is C23H13Cl2N3O3. The van der Waals surface area contributed by atoms with Crippen LogP contribution < -0.4 is 5.32 Å². The van der Waals surface area contributed by atoms with Crippen LogP contribution in [0.4, 0.5) is 5.69 Å². The number of oxazole rings is 1. The van der Waals surface area contributed by atoms with Crippen molar-refractivity contribution in [2.24, 2.45) is 0 Å². The van der Waals surface area contributed by atoms with E-state index in [1.165, 1.54) is 0 Å². The van der Waals surface area contributed by atoms with Gasteiger partial charge in [-0.3, -0.25) is 9.78 Å². The average molecular weight is 450 g/mol. The molecule has 5 rings (SSSR count). The third-order valence-corrected chi connectivity index (χ3v) is 5.42. The van der Waals surface area contributed by atoms with E-state index in [0.717, 1.165) is 5.56 Å². The Hall–Kier alpha value is -3.61. The normalized spacial score (nSPS) is 11.0. The van der Waals surface area contributed by atoms with E-state index in [2.05, 4.69) is 15.3 Å². The molecule has 0 saturated heterocycles. The number of hydrogen-bond acceptors (Lipinski definition) is 5. The molecule has 152 valence electrons. The second kappa shape index (κ2) is 7.91. The van der Waals surface area contributed by atoms with Gasteiger partial charge in [0.2, 0.25) is 5.89 Å². The highest BCUT2D eigenvalue weighted by Crippen LogP contribution is 2.34. The largest absolute Gasteiger partial charge is 0.451 e. The molecule has 3 aromatic heterocycles. The SMILES string of the molecule is O=C(Nc1ccc2oc(-c3cccnc3)nc2c1)c1ccc(-c2cccc(Cl)c2Cl)o1. The van der Waals surface area contributed by atoms with Crippen LogP contribution in [0.1, 0.15) is 10.6 Å². The molecule has 0 atom stereocenters. The van der Waals surface area contributed by atoms with Crippen molar-refractivity contribution < 1.29 is 13.6 Å². The summed E-state index contributed by atoms with van der Waals surface area (Å²) in [4.78, 5) is 21.2. The number of carbonyl (C=O) groups is 1. The summed E-state index contributed by atoms with van der Waals surface area (Å²) in [6.07, 6.45) is 3.36. The van der Waals surface area contributed by atoms with Gasteiger partial charge in [0, 0.05) is 23.6 Å². The molecule has 2 aromatic carbocycles. The number of benzene rings is 2. The third kappa shape index (κ3) is 3.79. The van der Waals surface area contributed by atoms with E-state index in [0.29, 0.717) is 44.0 Å². The van der Waals surface area contributed by atoms with Crippen molar-refractivity contribution in [3.8, 4) is 22.8 Å². The first kappa shape index (κ1) is 19.4. The predicted octanol–water partition coefficient (Wildman–Crippen LogP) is 6.71. The van der Waals surface area contributed by atoms with Gasteiger partial charge in [-0.25, -0.2) is 4.98 Å². The number of fused-ring (bicyclic) bond motifs is 1. The molecule has 8 heteroatoms. The van der Waals surface area contributed by atoms with Gasteiger partial charge < -0.3 is 14.2 Å². The first-order valence-electron chi connectivity index (χ1n) is 9.25. The summed E-state index contributed by atoms with van der Waals surface area (Å²) in [7, 11) is 0. The van der Waals surface area contributed by atoms with E-state index in [1.54, 1.807) is 60.9 Å². The van der Waals surface area contributed by atoms with Crippen LogP contribution in [0.3, 0.4) is 0 Å². The number of aromatic nitrogens is 2. The first-order valence-corrected chi connectivity index (χ1v) is 10.0. The van der Waals surface area contributed by atoms with E-state index in [1.807, 2.05) is 12.1 Å². The number of carbonyl (C=O) groups excluding carboxylic acids is 1. The summed E-state index contributed by atoms with van der Waals surface area (Å²) in [5, 5.41) is 3.58. The monoisotopic (exact) mass is 449 g/mol. The molecule has 1 amide bonds. The maximum absolute atomic E-state index is 12.7. The van der Waals surface area contributed by atoms with Gasteiger partial charge in [0.05, 0.1) is 15.6 Å². The number of hydrogen-bond donors (Lipinski definition) is 1. The summed E-state index contributed by atoms with van der Waals surface area (Å²) in [6.45, 7) is 0. The van der Waals surface area contributed by atoms with Crippen LogP contribution in [0, 0.1) is 0 Å². The Balaban J connectivity index is 1.38. The summed E-state index contributed by atoms with van der Waals surface area (Å²) >= 11 is 12.3. The average Bonchev–Trinajstić information content (AvgIpc) is 3.43. The van der Waals surface area contributed by atoms with Gasteiger partial charge in [0.25, 0.3) is 5.91 Å². The number of rotatable bonds is 4. The zero-order valence-corrected chi connectivity index (χ0v) is 17.3. The van der Waals surface area contributed by atoms with Gasteiger partial charge in [-0.2, -0.15) is 0 Å². The molecule has 5 aromatic rings. The Morgan fingerprint density at radius 2 is 1.87 bits per heavy atom. The summed E-state index contributed by atoms with van der Waals surface area (Å²) in [5.74, 6) is 0.647. The lowest BCUT2D eigenvalue weighted by Crippen LogP contribution is -2.10. The van der Waals surface area contributed by atoms with E-state index in [4.69, 9.17) is 32.0 Å². The second-order valence-electron chi connectivity index (χ2n) is 6.66. The van der Waals surface area contributed by atoms with E-state index >= 15 is 0 Å². The molecule has 0 fully saturated rings. The molecule has 6 nitrogen and oxygen atoms in total. The number of pyridine rings is 1. The molecule has 0 spiro atoms. The van der Waals surface area contributed by atoms with Crippen molar-refractivity contribution in [2.75, 3.05) is 5.32 Å². The minimum atomic E-state index is -0.403. The molecule has 3 heterocycles. The highest BCUT2D eigenvalue weighted by atomic mass is 35.5. The highest BCUT2D eigenvalue weighted by molar-refractivity contribution is 6.43. The molecular weight excluding hydrogens is 437 g/mol. The fourth-order valence-electron chi connectivity index (χ4n) is 3.11. The Bertz CT molecular complexity index is 1410. The van der Waals surface area contributed by atoms with Crippen LogP contribution in [-0.2, 0) is 0 Å². The molecule has 0 unspecified atom stereocenters. The number of nitrogens with one attached hydrogen (secondary N) is 1. The van der Waals surface area contributed by atoms with Crippen LogP contribution in [0.25, 0.3) is 33.9 Å². The molecule has 31 heavy (non-hydrogen) atoms. The van der Waals surface area contributed by atoms with Crippen molar-refractivity contribution in [3.05, 3.63) is 88.9 Å². The molecule has 0 bridgehead atoms. The quantitative estimate of drug-likeness (QED) is 0.329. The Kier molecular flexibility index (Phi) is 4.94. The van der Waals surface area contributed by atoms with E-state index in [-0.39, 0.29) is 5.76 Å². The van der Waals surface area contributed by atoms with Crippen LogP contribution in [0.5, 0.6) is 0 Å². The van der Waals surface area contributed by atoms with Crippen molar-refractivity contribution >= 4 is 45.9 Å². The third-order valence-electron chi connectivity index (χ3n) is 4.60. The lowest BCUT2D eigenvalue weighted by Gasteiger charge is -2.04. The molecule has 0 aliphatic carbocycles. The maximum Gasteiger partial charge on any atom is 0.291 e. The lowest BCUT2D eigenvalue weighted by atomic mass is 10.2. The first-order chi connectivity index (χ1) is 15.1. The number of amides is 1. The van der Waals surface area contributed by atoms with E-state index < -0.39 is 5.91 Å². The molecule has 0 aliphatic rings. The topological polar surface area (TPSA) is 81.2 Å². The van der Waals surface area contributed by atoms with Gasteiger partial charge in [-0.05, 0) is 54.6 Å². The van der Waals surface area contributed by atoms with Crippen LogP contribution in [0.15, 0.2) is 81.9 Å².